The summed E-state index contributed by atoms with van der Waals surface area (Å²) in [6.07, 6.45) is 0.926. The lowest BCUT2D eigenvalue weighted by Crippen LogP contribution is -2.58. The fraction of sp³-hybridized carbons (Fsp3) is 0.556. The lowest BCUT2D eigenvalue weighted by atomic mass is 10.0. The van der Waals surface area contributed by atoms with Crippen molar-refractivity contribution in [2.45, 2.75) is 38.8 Å². The van der Waals surface area contributed by atoms with Gasteiger partial charge in [0, 0.05) is 44.7 Å². The first-order valence-corrected chi connectivity index (χ1v) is 8.85. The lowest BCUT2D eigenvalue weighted by molar-refractivity contribution is -0.120. The molecule has 3 N–H and O–H groups in total. The molecule has 144 valence electrons. The van der Waals surface area contributed by atoms with Crippen LogP contribution in [0.15, 0.2) is 18.2 Å². The molecule has 0 spiro atoms. The third-order valence-corrected chi connectivity index (χ3v) is 4.70. The van der Waals surface area contributed by atoms with Crippen molar-refractivity contribution in [2.24, 2.45) is 5.73 Å². The Hall–Kier alpha value is -2.22. The number of carbonyl (C=O) groups is 2. The Bertz CT molecular complexity index is 656. The number of urea groups is 1. The molecule has 0 saturated carbocycles. The van der Waals surface area contributed by atoms with E-state index in [0.29, 0.717) is 31.7 Å². The van der Waals surface area contributed by atoms with Gasteiger partial charge < -0.3 is 16.0 Å². The molecule has 0 radical (unpaired) electrons. The first kappa shape index (κ1) is 20.1. The molecular weight excluding hydrogens is 342 g/mol. The molecule has 0 bridgehead atoms. The number of nitrogens with zero attached hydrogens (tertiary/aromatic N) is 2. The van der Waals surface area contributed by atoms with E-state index in [-0.39, 0.29) is 24.5 Å². The number of nitrogens with one attached hydrogen (secondary N) is 1. The smallest absolute Gasteiger partial charge is 0.317 e. The summed E-state index contributed by atoms with van der Waals surface area (Å²) in [5.41, 5.74) is 5.99. The predicted molar refractivity (Wildman–Crippen MR) is 94.3 cm³/mol. The molecule has 1 fully saturated rings. The van der Waals surface area contributed by atoms with Crippen LogP contribution in [0.4, 0.5) is 13.6 Å². The van der Waals surface area contributed by atoms with Gasteiger partial charge in [0.05, 0.1) is 0 Å². The summed E-state index contributed by atoms with van der Waals surface area (Å²) in [5.74, 6) is -2.27. The molecule has 1 heterocycles. The molecule has 0 aromatic heterocycles. The van der Waals surface area contributed by atoms with Crippen LogP contribution in [0.25, 0.3) is 0 Å². The van der Waals surface area contributed by atoms with E-state index >= 15 is 0 Å². The van der Waals surface area contributed by atoms with Gasteiger partial charge in [0.25, 0.3) is 0 Å². The van der Waals surface area contributed by atoms with Crippen LogP contribution in [-0.4, -0.2) is 54.0 Å². The van der Waals surface area contributed by atoms with Crippen LogP contribution in [0.2, 0.25) is 0 Å². The van der Waals surface area contributed by atoms with Crippen LogP contribution >= 0.6 is 0 Å². The van der Waals surface area contributed by atoms with Crippen molar-refractivity contribution in [2.75, 3.05) is 26.2 Å². The van der Waals surface area contributed by atoms with E-state index in [4.69, 9.17) is 5.73 Å². The van der Waals surface area contributed by atoms with Crippen molar-refractivity contribution in [1.82, 2.24) is 15.1 Å². The van der Waals surface area contributed by atoms with E-state index in [1.54, 1.807) is 4.90 Å². The van der Waals surface area contributed by atoms with Gasteiger partial charge in [0.15, 0.2) is 11.6 Å². The second kappa shape index (κ2) is 8.93. The third kappa shape index (κ3) is 4.91. The number of halogens is 2. The summed E-state index contributed by atoms with van der Waals surface area (Å²) in [6, 6.07) is 3.11. The summed E-state index contributed by atoms with van der Waals surface area (Å²) in [7, 11) is 0. The Morgan fingerprint density at radius 1 is 1.31 bits per heavy atom. The van der Waals surface area contributed by atoms with Crippen molar-refractivity contribution in [3.8, 4) is 0 Å². The Balaban J connectivity index is 2.14. The quantitative estimate of drug-likeness (QED) is 0.806. The van der Waals surface area contributed by atoms with Crippen LogP contribution in [0.3, 0.4) is 0 Å². The predicted octanol–water partition coefficient (Wildman–Crippen LogP) is 2.01. The number of carbonyl (C=O) groups excluding carboxylic acids is 2. The molecule has 26 heavy (non-hydrogen) atoms. The van der Waals surface area contributed by atoms with E-state index in [1.165, 1.54) is 12.1 Å². The highest BCUT2D eigenvalue weighted by Gasteiger charge is 2.33. The molecule has 1 aromatic carbocycles. The Morgan fingerprint density at radius 2 is 2.04 bits per heavy atom. The van der Waals surface area contributed by atoms with E-state index in [9.17, 15) is 18.4 Å². The molecule has 2 rings (SSSR count). The van der Waals surface area contributed by atoms with Gasteiger partial charge in [-0.3, -0.25) is 9.69 Å². The topological polar surface area (TPSA) is 78.7 Å². The third-order valence-electron chi connectivity index (χ3n) is 4.70. The maximum Gasteiger partial charge on any atom is 0.317 e. The normalized spacial score (nSPS) is 19.2. The van der Waals surface area contributed by atoms with Crippen molar-refractivity contribution in [1.29, 1.82) is 0 Å². The SMILES string of the molecule is CCCNC(=O)N1CCN(C(C)c2ccc(F)c(F)c2)C(CC(N)=O)C1. The monoisotopic (exact) mass is 368 g/mol. The number of hydrogen-bond donors (Lipinski definition) is 2. The average Bonchev–Trinajstić information content (AvgIpc) is 2.60. The van der Waals surface area contributed by atoms with E-state index in [1.807, 2.05) is 18.7 Å². The van der Waals surface area contributed by atoms with E-state index in [2.05, 4.69) is 5.32 Å². The first-order valence-electron chi connectivity index (χ1n) is 8.85. The summed E-state index contributed by atoms with van der Waals surface area (Å²) in [6.45, 7) is 5.78. The van der Waals surface area contributed by atoms with Crippen molar-refractivity contribution < 1.29 is 18.4 Å². The second-order valence-corrected chi connectivity index (χ2v) is 6.59. The van der Waals surface area contributed by atoms with Gasteiger partial charge in [-0.05, 0) is 31.0 Å². The van der Waals surface area contributed by atoms with Gasteiger partial charge in [0.2, 0.25) is 5.91 Å². The zero-order chi connectivity index (χ0) is 19.3. The number of amides is 3. The highest BCUT2D eigenvalue weighted by atomic mass is 19.2. The van der Waals surface area contributed by atoms with Crippen LogP contribution in [0.5, 0.6) is 0 Å². The van der Waals surface area contributed by atoms with Crippen molar-refractivity contribution in [3.63, 3.8) is 0 Å². The summed E-state index contributed by atoms with van der Waals surface area (Å²) in [4.78, 5) is 27.4. The molecule has 3 amide bonds. The van der Waals surface area contributed by atoms with E-state index in [0.717, 1.165) is 12.5 Å². The zero-order valence-corrected chi connectivity index (χ0v) is 15.2. The minimum Gasteiger partial charge on any atom is -0.370 e. The summed E-state index contributed by atoms with van der Waals surface area (Å²) in [5, 5.41) is 2.83. The number of primary amides is 1. The largest absolute Gasteiger partial charge is 0.370 e. The molecule has 2 atom stereocenters. The summed E-state index contributed by atoms with van der Waals surface area (Å²) < 4.78 is 26.8. The van der Waals surface area contributed by atoms with Gasteiger partial charge in [-0.25, -0.2) is 13.6 Å². The molecule has 1 aromatic rings. The van der Waals surface area contributed by atoms with Crippen molar-refractivity contribution >= 4 is 11.9 Å². The fourth-order valence-electron chi connectivity index (χ4n) is 3.29. The van der Waals surface area contributed by atoms with Gasteiger partial charge in [0.1, 0.15) is 0 Å². The number of rotatable bonds is 6. The molecule has 6 nitrogen and oxygen atoms in total. The van der Waals surface area contributed by atoms with Gasteiger partial charge in [-0.2, -0.15) is 0 Å². The average molecular weight is 368 g/mol. The van der Waals surface area contributed by atoms with E-state index < -0.39 is 17.5 Å². The minimum absolute atomic E-state index is 0.0889. The lowest BCUT2D eigenvalue weighted by Gasteiger charge is -2.44. The number of nitrogens with two attached hydrogens (primary N) is 1. The highest BCUT2D eigenvalue weighted by molar-refractivity contribution is 5.76. The maximum atomic E-state index is 13.6. The maximum absolute atomic E-state index is 13.6. The van der Waals surface area contributed by atoms with Crippen LogP contribution in [-0.2, 0) is 4.79 Å². The van der Waals surface area contributed by atoms with Gasteiger partial charge in [-0.1, -0.05) is 13.0 Å². The van der Waals surface area contributed by atoms with Crippen LogP contribution in [0.1, 0.15) is 38.3 Å². The van der Waals surface area contributed by atoms with Crippen molar-refractivity contribution in [3.05, 3.63) is 35.4 Å². The Kier molecular flexibility index (Phi) is 6.90. The fourth-order valence-corrected chi connectivity index (χ4v) is 3.29. The van der Waals surface area contributed by atoms with Crippen LogP contribution in [0, 0.1) is 11.6 Å². The molecule has 1 saturated heterocycles. The van der Waals surface area contributed by atoms with Gasteiger partial charge in [-0.15, -0.1) is 0 Å². The number of benzene rings is 1. The summed E-state index contributed by atoms with van der Waals surface area (Å²) >= 11 is 0. The molecule has 1 aliphatic heterocycles. The second-order valence-electron chi connectivity index (χ2n) is 6.59. The first-order chi connectivity index (χ1) is 12.3. The zero-order valence-electron chi connectivity index (χ0n) is 15.2. The molecule has 2 unspecified atom stereocenters. The minimum atomic E-state index is -0.904. The highest BCUT2D eigenvalue weighted by Crippen LogP contribution is 2.27. The molecule has 1 aliphatic rings. The van der Waals surface area contributed by atoms with Gasteiger partial charge >= 0.3 is 6.03 Å². The molecule has 0 aliphatic carbocycles. The number of hydrogen-bond acceptors (Lipinski definition) is 3. The molecular formula is C18H26F2N4O2. The molecule has 8 heteroatoms. The van der Waals surface area contributed by atoms with Crippen LogP contribution < -0.4 is 11.1 Å². The standard InChI is InChI=1S/C18H26F2N4O2/c1-3-6-22-18(26)23-7-8-24(14(11-23)10-17(21)25)12(2)13-4-5-15(19)16(20)9-13/h4-5,9,12,14H,3,6-8,10-11H2,1-2H3,(H2,21,25)(H,22,26). The number of piperazine rings is 1. The Labute approximate surface area is 152 Å². The Morgan fingerprint density at radius 3 is 2.65 bits per heavy atom.